The van der Waals surface area contributed by atoms with Gasteiger partial charge in [-0.05, 0) is 36.8 Å². The minimum absolute atomic E-state index is 0.00784. The van der Waals surface area contributed by atoms with E-state index in [1.807, 2.05) is 18.2 Å². The Balaban J connectivity index is 1.42. The zero-order chi connectivity index (χ0) is 15.0. The maximum Gasteiger partial charge on any atom is 0.249 e. The van der Waals surface area contributed by atoms with E-state index in [1.54, 1.807) is 6.20 Å². The van der Waals surface area contributed by atoms with Crippen LogP contribution >= 0.6 is 0 Å². The van der Waals surface area contributed by atoms with Gasteiger partial charge in [-0.1, -0.05) is 6.07 Å². The zero-order valence-corrected chi connectivity index (χ0v) is 12.1. The number of hydrogen-bond donors (Lipinski definition) is 2. The molecule has 2 aliphatic rings. The molecule has 114 valence electrons. The summed E-state index contributed by atoms with van der Waals surface area (Å²) in [6.45, 7) is 1.52. The molecule has 0 bridgehead atoms. The van der Waals surface area contributed by atoms with Crippen molar-refractivity contribution in [1.29, 1.82) is 0 Å². The van der Waals surface area contributed by atoms with Gasteiger partial charge in [0.25, 0.3) is 0 Å². The molecule has 1 saturated heterocycles. The first-order chi connectivity index (χ1) is 10.8. The van der Waals surface area contributed by atoms with Gasteiger partial charge in [-0.3, -0.25) is 20.2 Å². The van der Waals surface area contributed by atoms with Crippen LogP contribution in [0.3, 0.4) is 0 Å². The fraction of sp³-hybridized carbons (Fsp3) is 0.467. The monoisotopic (exact) mass is 299 g/mol. The Hall–Kier alpha value is -2.28. The van der Waals surface area contributed by atoms with Crippen molar-refractivity contribution >= 4 is 11.9 Å². The van der Waals surface area contributed by atoms with Gasteiger partial charge < -0.3 is 4.74 Å². The maximum atomic E-state index is 12.3. The average Bonchev–Trinajstić information content (AvgIpc) is 3.04. The van der Waals surface area contributed by atoms with Gasteiger partial charge in [0, 0.05) is 25.3 Å². The van der Waals surface area contributed by atoms with E-state index in [-0.39, 0.29) is 17.2 Å². The molecule has 1 aliphatic heterocycles. The molecular formula is C15H17N5O2. The predicted octanol–water partition coefficient (Wildman–Crippen LogP) is 1.62. The maximum absolute atomic E-state index is 12.3. The van der Waals surface area contributed by atoms with Gasteiger partial charge in [0.1, 0.15) is 5.69 Å². The van der Waals surface area contributed by atoms with E-state index in [2.05, 4.69) is 25.5 Å². The van der Waals surface area contributed by atoms with Crippen LogP contribution in [-0.4, -0.2) is 39.3 Å². The zero-order valence-electron chi connectivity index (χ0n) is 12.1. The van der Waals surface area contributed by atoms with Gasteiger partial charge in [-0.2, -0.15) is 4.98 Å². The summed E-state index contributed by atoms with van der Waals surface area (Å²) in [7, 11) is 0. The first-order valence-corrected chi connectivity index (χ1v) is 7.49. The van der Waals surface area contributed by atoms with Crippen LogP contribution in [0.15, 0.2) is 24.4 Å². The van der Waals surface area contributed by atoms with E-state index in [4.69, 9.17) is 4.74 Å². The third-order valence-corrected chi connectivity index (χ3v) is 4.62. The van der Waals surface area contributed by atoms with Gasteiger partial charge >= 0.3 is 0 Å². The van der Waals surface area contributed by atoms with E-state index < -0.39 is 0 Å². The molecule has 2 N–H and O–H groups in total. The molecule has 2 aromatic rings. The fourth-order valence-corrected chi connectivity index (χ4v) is 3.18. The Morgan fingerprint density at radius 3 is 3.00 bits per heavy atom. The third-order valence-electron chi connectivity index (χ3n) is 4.62. The summed E-state index contributed by atoms with van der Waals surface area (Å²) < 4.78 is 5.38. The van der Waals surface area contributed by atoms with E-state index in [9.17, 15) is 4.79 Å². The van der Waals surface area contributed by atoms with E-state index in [1.165, 1.54) is 0 Å². The number of nitrogens with zero attached hydrogens (tertiary/aromatic N) is 3. The SMILES string of the molecule is O=C(Nc1n[nH]c(-c2ccccn2)n1)C1CC12CCOCC2. The smallest absolute Gasteiger partial charge is 0.249 e. The van der Waals surface area contributed by atoms with Crippen molar-refractivity contribution < 1.29 is 9.53 Å². The molecule has 2 fully saturated rings. The minimum Gasteiger partial charge on any atom is -0.381 e. The topological polar surface area (TPSA) is 92.8 Å². The quantitative estimate of drug-likeness (QED) is 0.898. The molecular weight excluding hydrogens is 282 g/mol. The summed E-state index contributed by atoms with van der Waals surface area (Å²) in [5.41, 5.74) is 0.852. The largest absolute Gasteiger partial charge is 0.381 e. The Morgan fingerprint density at radius 1 is 1.36 bits per heavy atom. The van der Waals surface area contributed by atoms with Crippen molar-refractivity contribution in [3.8, 4) is 11.5 Å². The van der Waals surface area contributed by atoms with Crippen LogP contribution in [-0.2, 0) is 9.53 Å². The minimum atomic E-state index is 0.00784. The number of ether oxygens (including phenoxy) is 1. The van der Waals surface area contributed by atoms with E-state index in [0.29, 0.717) is 17.5 Å². The molecule has 1 spiro atoms. The van der Waals surface area contributed by atoms with Crippen molar-refractivity contribution in [2.24, 2.45) is 11.3 Å². The Kier molecular flexibility index (Phi) is 3.15. The molecule has 1 unspecified atom stereocenters. The number of H-pyrrole nitrogens is 1. The summed E-state index contributed by atoms with van der Waals surface area (Å²) in [6, 6.07) is 5.55. The van der Waals surface area contributed by atoms with Gasteiger partial charge in [-0.25, -0.2) is 0 Å². The van der Waals surface area contributed by atoms with Crippen molar-refractivity contribution in [3.05, 3.63) is 24.4 Å². The normalized spacial score (nSPS) is 22.5. The second-order valence-electron chi connectivity index (χ2n) is 5.94. The molecule has 1 amide bonds. The molecule has 1 saturated carbocycles. The summed E-state index contributed by atoms with van der Waals surface area (Å²) in [5.74, 6) is 0.925. The highest BCUT2D eigenvalue weighted by molar-refractivity contribution is 5.93. The summed E-state index contributed by atoms with van der Waals surface area (Å²) in [6.07, 6.45) is 4.57. The number of aromatic amines is 1. The summed E-state index contributed by atoms with van der Waals surface area (Å²) >= 11 is 0. The van der Waals surface area contributed by atoms with Crippen LogP contribution in [0.2, 0.25) is 0 Å². The first kappa shape index (κ1) is 13.4. The lowest BCUT2D eigenvalue weighted by Gasteiger charge is -2.22. The molecule has 0 aromatic carbocycles. The Morgan fingerprint density at radius 2 is 2.23 bits per heavy atom. The molecule has 7 nitrogen and oxygen atoms in total. The Bertz CT molecular complexity index is 678. The van der Waals surface area contributed by atoms with Crippen molar-refractivity contribution in [2.75, 3.05) is 18.5 Å². The second kappa shape index (κ2) is 5.17. The highest BCUT2D eigenvalue weighted by atomic mass is 16.5. The average molecular weight is 299 g/mol. The number of pyridine rings is 1. The lowest BCUT2D eigenvalue weighted by Crippen LogP contribution is -2.24. The second-order valence-corrected chi connectivity index (χ2v) is 5.94. The molecule has 1 aliphatic carbocycles. The first-order valence-electron chi connectivity index (χ1n) is 7.49. The van der Waals surface area contributed by atoms with E-state index in [0.717, 1.165) is 32.5 Å². The van der Waals surface area contributed by atoms with Gasteiger partial charge in [0.2, 0.25) is 11.9 Å². The fourth-order valence-electron chi connectivity index (χ4n) is 3.18. The molecule has 1 atom stereocenters. The third kappa shape index (κ3) is 2.37. The standard InChI is InChI=1S/C15H17N5O2/c21-13(10-9-15(10)4-7-22-8-5-15)18-14-17-12(19-20-14)11-3-1-2-6-16-11/h1-3,6,10H,4-5,7-9H2,(H2,17,18,19,20,21). The summed E-state index contributed by atoms with van der Waals surface area (Å²) in [5, 5.41) is 9.65. The molecule has 7 heteroatoms. The lowest BCUT2D eigenvalue weighted by molar-refractivity contribution is -0.118. The molecule has 22 heavy (non-hydrogen) atoms. The number of carbonyl (C=O) groups is 1. The number of anilines is 1. The van der Waals surface area contributed by atoms with Crippen molar-refractivity contribution in [1.82, 2.24) is 20.2 Å². The number of nitrogens with one attached hydrogen (secondary N) is 2. The number of aromatic nitrogens is 4. The molecule has 0 radical (unpaired) electrons. The van der Waals surface area contributed by atoms with Crippen LogP contribution in [0, 0.1) is 11.3 Å². The van der Waals surface area contributed by atoms with Crippen molar-refractivity contribution in [3.63, 3.8) is 0 Å². The van der Waals surface area contributed by atoms with Crippen molar-refractivity contribution in [2.45, 2.75) is 19.3 Å². The number of carbonyl (C=O) groups excluding carboxylic acids is 1. The highest BCUT2D eigenvalue weighted by Crippen LogP contribution is 2.59. The van der Waals surface area contributed by atoms with Gasteiger partial charge in [0.15, 0.2) is 5.82 Å². The van der Waals surface area contributed by atoms with Crippen LogP contribution in [0.25, 0.3) is 11.5 Å². The molecule has 3 heterocycles. The Labute approximate surface area is 127 Å². The van der Waals surface area contributed by atoms with Crippen LogP contribution in [0.4, 0.5) is 5.95 Å². The number of hydrogen-bond acceptors (Lipinski definition) is 5. The van der Waals surface area contributed by atoms with Crippen LogP contribution < -0.4 is 5.32 Å². The predicted molar refractivity (Wildman–Crippen MR) is 78.8 cm³/mol. The van der Waals surface area contributed by atoms with Gasteiger partial charge in [0.05, 0.1) is 0 Å². The number of rotatable bonds is 3. The van der Waals surface area contributed by atoms with E-state index >= 15 is 0 Å². The van der Waals surface area contributed by atoms with Gasteiger partial charge in [-0.15, -0.1) is 5.10 Å². The molecule has 2 aromatic heterocycles. The van der Waals surface area contributed by atoms with Crippen LogP contribution in [0.1, 0.15) is 19.3 Å². The molecule has 4 rings (SSSR count). The van der Waals surface area contributed by atoms with Crippen LogP contribution in [0.5, 0.6) is 0 Å². The summed E-state index contributed by atoms with van der Waals surface area (Å²) in [4.78, 5) is 20.8. The number of amides is 1. The lowest BCUT2D eigenvalue weighted by atomic mass is 9.94. The highest BCUT2D eigenvalue weighted by Gasteiger charge is 2.58.